The fraction of sp³-hybridized carbons (Fsp3) is 0.462. The Hall–Kier alpha value is -1.42. The highest BCUT2D eigenvalue weighted by Crippen LogP contribution is 2.11. The number of halogens is 1. The minimum atomic E-state index is -0.373. The highest BCUT2D eigenvalue weighted by Gasteiger charge is 2.17. The minimum absolute atomic E-state index is 0.152. The van der Waals surface area contributed by atoms with Crippen LogP contribution in [0.4, 0.5) is 4.39 Å². The summed E-state index contributed by atoms with van der Waals surface area (Å²) in [7, 11) is 0. The van der Waals surface area contributed by atoms with Crippen LogP contribution < -0.4 is 10.6 Å². The maximum atomic E-state index is 13.1. The third kappa shape index (κ3) is 3.03. The van der Waals surface area contributed by atoms with Gasteiger partial charge in [-0.1, -0.05) is 6.07 Å². The summed E-state index contributed by atoms with van der Waals surface area (Å²) in [5.74, 6) is -0.557. The smallest absolute Gasteiger partial charge is 0.251 e. The number of carbonyl (C=O) groups is 1. The average Bonchev–Trinajstić information content (AvgIpc) is 2.33. The lowest BCUT2D eigenvalue weighted by Crippen LogP contribution is -2.45. The molecule has 2 N–H and O–H groups in total. The first-order valence-corrected chi connectivity index (χ1v) is 5.94. The van der Waals surface area contributed by atoms with Crippen molar-refractivity contribution >= 4 is 5.91 Å². The summed E-state index contributed by atoms with van der Waals surface area (Å²) in [4.78, 5) is 12.0. The van der Waals surface area contributed by atoms with E-state index in [1.54, 1.807) is 6.07 Å². The molecule has 1 aliphatic rings. The van der Waals surface area contributed by atoms with Gasteiger partial charge in [-0.3, -0.25) is 4.79 Å². The molecule has 0 bridgehead atoms. The van der Waals surface area contributed by atoms with Crippen LogP contribution in [0.3, 0.4) is 0 Å². The largest absolute Gasteiger partial charge is 0.348 e. The molecule has 1 amide bonds. The molecule has 0 aromatic heterocycles. The van der Waals surface area contributed by atoms with E-state index in [1.165, 1.54) is 12.1 Å². The van der Waals surface area contributed by atoms with E-state index in [0.29, 0.717) is 5.56 Å². The van der Waals surface area contributed by atoms with Crippen LogP contribution in [0.2, 0.25) is 0 Å². The Bertz CT molecular complexity index is 414. The first-order chi connectivity index (χ1) is 8.16. The summed E-state index contributed by atoms with van der Waals surface area (Å²) in [6.07, 6.45) is 2.04. The lowest BCUT2D eigenvalue weighted by atomic mass is 10.0. The van der Waals surface area contributed by atoms with E-state index < -0.39 is 0 Å². The van der Waals surface area contributed by atoms with Gasteiger partial charge >= 0.3 is 0 Å². The van der Waals surface area contributed by atoms with Crippen LogP contribution in [0.5, 0.6) is 0 Å². The molecule has 1 aliphatic heterocycles. The standard InChI is InChI=1S/C13H17FN2O/c1-9-4-5-10(14)7-12(9)13(17)16-11-3-2-6-15-8-11/h4-5,7,11,15H,2-3,6,8H2,1H3,(H,16,17). The molecule has 2 rings (SSSR count). The van der Waals surface area contributed by atoms with Crippen LogP contribution in [0.15, 0.2) is 18.2 Å². The molecule has 1 unspecified atom stereocenters. The van der Waals surface area contributed by atoms with E-state index in [9.17, 15) is 9.18 Å². The predicted molar refractivity (Wildman–Crippen MR) is 64.5 cm³/mol. The van der Waals surface area contributed by atoms with Crippen molar-refractivity contribution in [2.24, 2.45) is 0 Å². The van der Waals surface area contributed by atoms with Crippen molar-refractivity contribution in [1.82, 2.24) is 10.6 Å². The summed E-state index contributed by atoms with van der Waals surface area (Å²) in [6, 6.07) is 4.44. The summed E-state index contributed by atoms with van der Waals surface area (Å²) in [6.45, 7) is 3.61. The van der Waals surface area contributed by atoms with Crippen molar-refractivity contribution in [3.05, 3.63) is 35.1 Å². The molecule has 1 aromatic rings. The number of hydrogen-bond donors (Lipinski definition) is 2. The van der Waals surface area contributed by atoms with Gasteiger partial charge in [0.05, 0.1) is 0 Å². The molecule has 3 nitrogen and oxygen atoms in total. The normalized spacial score (nSPS) is 20.0. The summed E-state index contributed by atoms with van der Waals surface area (Å²) in [5.41, 5.74) is 1.23. The number of amides is 1. The molecule has 1 saturated heterocycles. The van der Waals surface area contributed by atoms with E-state index in [4.69, 9.17) is 0 Å². The Morgan fingerprint density at radius 2 is 2.35 bits per heavy atom. The molecule has 0 spiro atoms. The summed E-state index contributed by atoms with van der Waals surface area (Å²) >= 11 is 0. The zero-order valence-electron chi connectivity index (χ0n) is 9.92. The Labute approximate surface area is 100 Å². The van der Waals surface area contributed by atoms with Gasteiger partial charge in [-0.2, -0.15) is 0 Å². The molecule has 92 valence electrons. The second-order valence-electron chi connectivity index (χ2n) is 4.48. The number of nitrogens with one attached hydrogen (secondary N) is 2. The van der Waals surface area contributed by atoms with Gasteiger partial charge in [0, 0.05) is 18.2 Å². The Kier molecular flexibility index (Phi) is 3.74. The molecular formula is C13H17FN2O. The number of rotatable bonds is 2. The highest BCUT2D eigenvalue weighted by atomic mass is 19.1. The monoisotopic (exact) mass is 236 g/mol. The van der Waals surface area contributed by atoms with Gasteiger partial charge in [0.1, 0.15) is 5.82 Å². The second kappa shape index (κ2) is 5.27. The van der Waals surface area contributed by atoms with Crippen LogP contribution in [-0.4, -0.2) is 25.0 Å². The Morgan fingerprint density at radius 3 is 3.06 bits per heavy atom. The van der Waals surface area contributed by atoms with Gasteiger partial charge in [0.2, 0.25) is 0 Å². The summed E-state index contributed by atoms with van der Waals surface area (Å²) in [5, 5.41) is 6.16. The van der Waals surface area contributed by atoms with E-state index in [-0.39, 0.29) is 17.8 Å². The van der Waals surface area contributed by atoms with Crippen molar-refractivity contribution in [2.45, 2.75) is 25.8 Å². The third-order valence-electron chi connectivity index (χ3n) is 3.08. The van der Waals surface area contributed by atoms with Crippen LogP contribution in [0.1, 0.15) is 28.8 Å². The van der Waals surface area contributed by atoms with Gasteiger partial charge in [-0.05, 0) is 44.0 Å². The first kappa shape index (κ1) is 12.0. The van der Waals surface area contributed by atoms with Crippen molar-refractivity contribution in [3.8, 4) is 0 Å². The van der Waals surface area contributed by atoms with E-state index in [2.05, 4.69) is 10.6 Å². The van der Waals surface area contributed by atoms with Gasteiger partial charge in [0.25, 0.3) is 5.91 Å². The average molecular weight is 236 g/mol. The number of carbonyl (C=O) groups excluding carboxylic acids is 1. The lowest BCUT2D eigenvalue weighted by molar-refractivity contribution is 0.0929. The maximum absolute atomic E-state index is 13.1. The molecule has 17 heavy (non-hydrogen) atoms. The van der Waals surface area contributed by atoms with Crippen LogP contribution in [0, 0.1) is 12.7 Å². The number of piperidine rings is 1. The van der Waals surface area contributed by atoms with Gasteiger partial charge in [-0.25, -0.2) is 4.39 Å². The first-order valence-electron chi connectivity index (χ1n) is 5.94. The minimum Gasteiger partial charge on any atom is -0.348 e. The third-order valence-corrected chi connectivity index (χ3v) is 3.08. The molecule has 0 saturated carbocycles. The van der Waals surface area contributed by atoms with Gasteiger partial charge in [-0.15, -0.1) is 0 Å². The second-order valence-corrected chi connectivity index (χ2v) is 4.48. The molecule has 0 radical (unpaired) electrons. The SMILES string of the molecule is Cc1ccc(F)cc1C(=O)NC1CCCNC1. The van der Waals surface area contributed by atoms with E-state index >= 15 is 0 Å². The topological polar surface area (TPSA) is 41.1 Å². The molecule has 1 fully saturated rings. The van der Waals surface area contributed by atoms with Crippen molar-refractivity contribution in [2.75, 3.05) is 13.1 Å². The predicted octanol–water partition coefficient (Wildman–Crippen LogP) is 1.62. The molecule has 0 aliphatic carbocycles. The molecule has 1 heterocycles. The van der Waals surface area contributed by atoms with E-state index in [0.717, 1.165) is 31.5 Å². The van der Waals surface area contributed by atoms with Crippen LogP contribution >= 0.6 is 0 Å². The highest BCUT2D eigenvalue weighted by molar-refractivity contribution is 5.95. The van der Waals surface area contributed by atoms with Crippen LogP contribution in [-0.2, 0) is 0 Å². The fourth-order valence-electron chi connectivity index (χ4n) is 2.08. The lowest BCUT2D eigenvalue weighted by Gasteiger charge is -2.24. The maximum Gasteiger partial charge on any atom is 0.251 e. The molecule has 1 atom stereocenters. The molecule has 1 aromatic carbocycles. The zero-order chi connectivity index (χ0) is 12.3. The number of benzene rings is 1. The van der Waals surface area contributed by atoms with Crippen molar-refractivity contribution in [3.63, 3.8) is 0 Å². The number of aryl methyl sites for hydroxylation is 1. The summed E-state index contributed by atoms with van der Waals surface area (Å²) < 4.78 is 13.1. The fourth-order valence-corrected chi connectivity index (χ4v) is 2.08. The zero-order valence-corrected chi connectivity index (χ0v) is 9.92. The Balaban J connectivity index is 2.05. The quantitative estimate of drug-likeness (QED) is 0.819. The molecular weight excluding hydrogens is 219 g/mol. The van der Waals surface area contributed by atoms with Crippen molar-refractivity contribution < 1.29 is 9.18 Å². The van der Waals surface area contributed by atoms with E-state index in [1.807, 2.05) is 6.92 Å². The van der Waals surface area contributed by atoms with Crippen molar-refractivity contribution in [1.29, 1.82) is 0 Å². The number of hydrogen-bond acceptors (Lipinski definition) is 2. The van der Waals surface area contributed by atoms with Crippen LogP contribution in [0.25, 0.3) is 0 Å². The van der Waals surface area contributed by atoms with Gasteiger partial charge < -0.3 is 10.6 Å². The Morgan fingerprint density at radius 1 is 1.53 bits per heavy atom. The molecule has 4 heteroatoms. The van der Waals surface area contributed by atoms with Gasteiger partial charge in [0.15, 0.2) is 0 Å².